The Morgan fingerprint density at radius 3 is 2.72 bits per heavy atom. The molecule has 96 valence electrons. The number of allylic oxidation sites excluding steroid dienone is 2. The molecule has 3 heteroatoms. The highest BCUT2D eigenvalue weighted by Gasteiger charge is 2.19. The van der Waals surface area contributed by atoms with Crippen molar-refractivity contribution in [1.82, 2.24) is 0 Å². The minimum Gasteiger partial charge on any atom is -0.497 e. The van der Waals surface area contributed by atoms with Crippen molar-refractivity contribution in [2.75, 3.05) is 7.11 Å². The van der Waals surface area contributed by atoms with E-state index in [9.17, 15) is 4.79 Å². The molecule has 1 N–H and O–H groups in total. The Kier molecular flexibility index (Phi) is 4.03. The molecule has 0 aliphatic heterocycles. The second kappa shape index (κ2) is 5.71. The Morgan fingerprint density at radius 1 is 1.39 bits per heavy atom. The van der Waals surface area contributed by atoms with E-state index in [1.807, 2.05) is 24.3 Å². The normalized spacial score (nSPS) is 19.2. The van der Waals surface area contributed by atoms with Gasteiger partial charge in [0.25, 0.3) is 0 Å². The zero-order chi connectivity index (χ0) is 13.0. The minimum absolute atomic E-state index is 0.268. The number of methoxy groups -OCH3 is 1. The van der Waals surface area contributed by atoms with Gasteiger partial charge in [-0.2, -0.15) is 0 Å². The van der Waals surface area contributed by atoms with Crippen molar-refractivity contribution in [1.29, 1.82) is 0 Å². The van der Waals surface area contributed by atoms with Gasteiger partial charge in [-0.1, -0.05) is 18.2 Å². The lowest BCUT2D eigenvalue weighted by molar-refractivity contribution is -0.138. The highest BCUT2D eigenvalue weighted by atomic mass is 16.5. The van der Waals surface area contributed by atoms with Crippen LogP contribution in [0, 0.1) is 5.92 Å². The van der Waals surface area contributed by atoms with Crippen molar-refractivity contribution in [3.63, 3.8) is 0 Å². The van der Waals surface area contributed by atoms with Crippen LogP contribution in [0.2, 0.25) is 0 Å². The molecule has 1 aliphatic carbocycles. The van der Waals surface area contributed by atoms with E-state index in [0.717, 1.165) is 25.0 Å². The van der Waals surface area contributed by atoms with E-state index < -0.39 is 5.97 Å². The molecule has 0 fully saturated rings. The van der Waals surface area contributed by atoms with Crippen molar-refractivity contribution in [2.45, 2.75) is 25.7 Å². The van der Waals surface area contributed by atoms with Gasteiger partial charge < -0.3 is 9.84 Å². The summed E-state index contributed by atoms with van der Waals surface area (Å²) in [6.45, 7) is 0. The average molecular weight is 246 g/mol. The zero-order valence-corrected chi connectivity index (χ0v) is 10.6. The van der Waals surface area contributed by atoms with Crippen molar-refractivity contribution in [3.05, 3.63) is 35.9 Å². The van der Waals surface area contributed by atoms with Crippen LogP contribution in [-0.2, 0) is 4.79 Å². The molecule has 0 aromatic heterocycles. The van der Waals surface area contributed by atoms with Gasteiger partial charge in [-0.05, 0) is 48.4 Å². The maximum atomic E-state index is 10.8. The summed E-state index contributed by atoms with van der Waals surface area (Å²) in [5.41, 5.74) is 2.43. The molecule has 2 rings (SSSR count). The van der Waals surface area contributed by atoms with Crippen LogP contribution in [0.15, 0.2) is 30.3 Å². The Labute approximate surface area is 107 Å². The molecule has 0 spiro atoms. The Bertz CT molecular complexity index is 445. The van der Waals surface area contributed by atoms with Crippen molar-refractivity contribution in [3.8, 4) is 5.75 Å². The predicted molar refractivity (Wildman–Crippen MR) is 70.6 cm³/mol. The number of rotatable bonds is 4. The van der Waals surface area contributed by atoms with Gasteiger partial charge in [-0.15, -0.1) is 0 Å². The van der Waals surface area contributed by atoms with Crippen LogP contribution >= 0.6 is 0 Å². The predicted octanol–water partition coefficient (Wildman–Crippen LogP) is 3.35. The van der Waals surface area contributed by atoms with Crippen molar-refractivity contribution >= 4 is 11.5 Å². The first-order chi connectivity index (χ1) is 8.69. The van der Waals surface area contributed by atoms with E-state index in [1.165, 1.54) is 11.1 Å². The Hall–Kier alpha value is -1.77. The topological polar surface area (TPSA) is 46.5 Å². The molecular weight excluding hydrogens is 228 g/mol. The molecule has 1 aromatic carbocycles. The lowest BCUT2D eigenvalue weighted by atomic mass is 9.84. The molecule has 1 aromatic rings. The van der Waals surface area contributed by atoms with Crippen LogP contribution in [0.1, 0.15) is 31.2 Å². The number of hydrogen-bond donors (Lipinski definition) is 1. The molecule has 3 nitrogen and oxygen atoms in total. The quantitative estimate of drug-likeness (QED) is 0.886. The van der Waals surface area contributed by atoms with Crippen LogP contribution in [0.5, 0.6) is 5.75 Å². The first-order valence-electron chi connectivity index (χ1n) is 6.24. The summed E-state index contributed by atoms with van der Waals surface area (Å²) in [6.07, 6.45) is 5.30. The summed E-state index contributed by atoms with van der Waals surface area (Å²) in [7, 11) is 1.65. The van der Waals surface area contributed by atoms with E-state index >= 15 is 0 Å². The number of benzene rings is 1. The molecule has 0 heterocycles. The number of carboxylic acid groups (broad SMARTS) is 1. The van der Waals surface area contributed by atoms with E-state index in [0.29, 0.717) is 0 Å². The summed E-state index contributed by atoms with van der Waals surface area (Å²) < 4.78 is 5.13. The SMILES string of the molecule is COc1ccc(C2=CCCC(CC(=O)O)C2)cc1. The molecule has 1 aliphatic rings. The van der Waals surface area contributed by atoms with Gasteiger partial charge >= 0.3 is 5.97 Å². The average Bonchev–Trinajstić information content (AvgIpc) is 2.38. The number of hydrogen-bond acceptors (Lipinski definition) is 2. The van der Waals surface area contributed by atoms with E-state index in [-0.39, 0.29) is 12.3 Å². The highest BCUT2D eigenvalue weighted by Crippen LogP contribution is 2.33. The Morgan fingerprint density at radius 2 is 2.11 bits per heavy atom. The highest BCUT2D eigenvalue weighted by molar-refractivity contribution is 5.70. The standard InChI is InChI=1S/C15H18O3/c1-18-14-7-5-12(6-8-14)13-4-2-3-11(9-13)10-15(16)17/h4-8,11H,2-3,9-10H2,1H3,(H,16,17). The fourth-order valence-corrected chi connectivity index (χ4v) is 2.45. The summed E-state index contributed by atoms with van der Waals surface area (Å²) in [5.74, 6) is 0.415. The van der Waals surface area contributed by atoms with Gasteiger partial charge in [0.15, 0.2) is 0 Å². The molecular formula is C15H18O3. The van der Waals surface area contributed by atoms with Crippen molar-refractivity contribution < 1.29 is 14.6 Å². The van der Waals surface area contributed by atoms with Gasteiger partial charge in [0.1, 0.15) is 5.75 Å². The number of ether oxygens (including phenoxy) is 1. The van der Waals surface area contributed by atoms with Gasteiger partial charge in [0, 0.05) is 6.42 Å². The molecule has 18 heavy (non-hydrogen) atoms. The third-order valence-corrected chi connectivity index (χ3v) is 3.40. The number of carboxylic acids is 1. The van der Waals surface area contributed by atoms with Gasteiger partial charge in [-0.3, -0.25) is 4.79 Å². The van der Waals surface area contributed by atoms with Crippen LogP contribution in [-0.4, -0.2) is 18.2 Å². The van der Waals surface area contributed by atoms with Gasteiger partial charge in [0.2, 0.25) is 0 Å². The third-order valence-electron chi connectivity index (χ3n) is 3.40. The minimum atomic E-state index is -0.698. The molecule has 0 amide bonds. The summed E-state index contributed by atoms with van der Waals surface area (Å²) in [6, 6.07) is 7.95. The molecule has 0 bridgehead atoms. The van der Waals surface area contributed by atoms with Crippen LogP contribution < -0.4 is 4.74 Å². The number of carbonyl (C=O) groups is 1. The molecule has 0 radical (unpaired) electrons. The molecule has 1 atom stereocenters. The molecule has 0 saturated heterocycles. The lowest BCUT2D eigenvalue weighted by Crippen LogP contribution is -2.11. The first kappa shape index (κ1) is 12.7. The summed E-state index contributed by atoms with van der Waals surface area (Å²) in [5, 5.41) is 8.85. The summed E-state index contributed by atoms with van der Waals surface area (Å²) >= 11 is 0. The monoisotopic (exact) mass is 246 g/mol. The Balaban J connectivity index is 2.07. The van der Waals surface area contributed by atoms with Crippen LogP contribution in [0.3, 0.4) is 0 Å². The fourth-order valence-electron chi connectivity index (χ4n) is 2.45. The van der Waals surface area contributed by atoms with Crippen LogP contribution in [0.4, 0.5) is 0 Å². The largest absolute Gasteiger partial charge is 0.497 e. The van der Waals surface area contributed by atoms with E-state index in [4.69, 9.17) is 9.84 Å². The second-order valence-corrected chi connectivity index (χ2v) is 4.70. The van der Waals surface area contributed by atoms with Gasteiger partial charge in [0.05, 0.1) is 7.11 Å². The number of aliphatic carboxylic acids is 1. The summed E-state index contributed by atoms with van der Waals surface area (Å²) in [4.78, 5) is 10.8. The lowest BCUT2D eigenvalue weighted by Gasteiger charge is -2.21. The maximum Gasteiger partial charge on any atom is 0.303 e. The third kappa shape index (κ3) is 3.13. The zero-order valence-electron chi connectivity index (χ0n) is 10.6. The molecule has 1 unspecified atom stereocenters. The second-order valence-electron chi connectivity index (χ2n) is 4.70. The smallest absolute Gasteiger partial charge is 0.303 e. The van der Waals surface area contributed by atoms with Crippen molar-refractivity contribution in [2.24, 2.45) is 5.92 Å². The molecule has 0 saturated carbocycles. The van der Waals surface area contributed by atoms with E-state index in [1.54, 1.807) is 7.11 Å². The van der Waals surface area contributed by atoms with E-state index in [2.05, 4.69) is 6.08 Å². The first-order valence-corrected chi connectivity index (χ1v) is 6.24. The van der Waals surface area contributed by atoms with Crippen LogP contribution in [0.25, 0.3) is 5.57 Å². The van der Waals surface area contributed by atoms with Gasteiger partial charge in [-0.25, -0.2) is 0 Å². The fraction of sp³-hybridized carbons (Fsp3) is 0.400. The maximum absolute atomic E-state index is 10.8.